The van der Waals surface area contributed by atoms with Crippen LogP contribution in [0.4, 0.5) is 0 Å². The van der Waals surface area contributed by atoms with E-state index in [1.807, 2.05) is 0 Å². The van der Waals surface area contributed by atoms with E-state index in [1.165, 1.54) is 92.0 Å². The SMILES string of the molecule is O=C(OP(OC(=O)c1cccnc1)OC(=O)c1cccnc1)c1cccnc1.O=C([O-])c1cccnc1.[K+]. The number of aromatic nitrogens is 4. The maximum absolute atomic E-state index is 12.2. The summed E-state index contributed by atoms with van der Waals surface area (Å²) < 4.78 is 15.2. The zero-order valence-electron chi connectivity index (χ0n) is 19.7. The first-order valence-electron chi connectivity index (χ1n) is 10.2. The maximum atomic E-state index is 12.2. The Bertz CT molecular complexity index is 1210. The van der Waals surface area contributed by atoms with Gasteiger partial charge in [-0.1, -0.05) is 6.07 Å². The summed E-state index contributed by atoms with van der Waals surface area (Å²) in [6.45, 7) is 0. The second kappa shape index (κ2) is 16.4. The number of aromatic carboxylic acids is 1. The number of hydrogen-bond donors (Lipinski definition) is 0. The Hall–Kier alpha value is -3.45. The maximum Gasteiger partial charge on any atom is 1.00 e. The molecule has 0 N–H and O–H groups in total. The number of carboxylic acids is 1. The van der Waals surface area contributed by atoms with Crippen molar-refractivity contribution in [1.29, 1.82) is 0 Å². The molecule has 0 unspecified atom stereocenters. The van der Waals surface area contributed by atoms with Crippen molar-refractivity contribution in [2.24, 2.45) is 0 Å². The van der Waals surface area contributed by atoms with E-state index in [4.69, 9.17) is 13.6 Å². The van der Waals surface area contributed by atoms with Gasteiger partial charge in [-0.15, -0.1) is 0 Å². The summed E-state index contributed by atoms with van der Waals surface area (Å²) in [5, 5.41) is 10.0. The Balaban J connectivity index is 0.000000430. The summed E-state index contributed by atoms with van der Waals surface area (Å²) in [4.78, 5) is 61.8. The van der Waals surface area contributed by atoms with Crippen molar-refractivity contribution < 1.29 is 89.2 Å². The molecule has 0 aliphatic carbocycles. The van der Waals surface area contributed by atoms with E-state index in [-0.39, 0.29) is 73.6 Å². The Morgan fingerprint density at radius 3 is 1.05 bits per heavy atom. The van der Waals surface area contributed by atoms with E-state index in [2.05, 4.69) is 19.9 Å². The molecule has 14 heteroatoms. The van der Waals surface area contributed by atoms with Crippen molar-refractivity contribution in [3.8, 4) is 0 Å². The number of carbonyl (C=O) groups is 4. The van der Waals surface area contributed by atoms with Gasteiger partial charge in [0.05, 0.1) is 22.7 Å². The fraction of sp³-hybridized carbons (Fsp3) is 0. The monoisotopic (exact) mass is 558 g/mol. The predicted octanol–water partition coefficient (Wildman–Crippen LogP) is -0.582. The van der Waals surface area contributed by atoms with Gasteiger partial charge in [0.2, 0.25) is 0 Å². The molecule has 186 valence electrons. The second-order valence-corrected chi connectivity index (χ2v) is 7.61. The third-order valence-electron chi connectivity index (χ3n) is 4.06. The van der Waals surface area contributed by atoms with Crippen LogP contribution >= 0.6 is 8.60 Å². The van der Waals surface area contributed by atoms with Gasteiger partial charge in [0, 0.05) is 55.1 Å². The van der Waals surface area contributed by atoms with Crippen molar-refractivity contribution in [3.63, 3.8) is 0 Å². The molecule has 0 bridgehead atoms. The van der Waals surface area contributed by atoms with Gasteiger partial charge in [-0.2, -0.15) is 0 Å². The minimum Gasteiger partial charge on any atom is -0.545 e. The number of hydrogen-bond acceptors (Lipinski definition) is 12. The summed E-state index contributed by atoms with van der Waals surface area (Å²) in [5.41, 5.74) is 0.414. The smallest absolute Gasteiger partial charge is 0.545 e. The van der Waals surface area contributed by atoms with Crippen LogP contribution in [0.5, 0.6) is 0 Å². The molecule has 0 spiro atoms. The molecule has 4 heterocycles. The topological polar surface area (TPSA) is 171 Å². The quantitative estimate of drug-likeness (QED) is 0.209. The van der Waals surface area contributed by atoms with Crippen molar-refractivity contribution in [2.75, 3.05) is 0 Å². The fourth-order valence-corrected chi connectivity index (χ4v) is 3.19. The minimum atomic E-state index is -2.68. The molecule has 4 aromatic rings. The largest absolute Gasteiger partial charge is 1.00 e. The molecule has 0 amide bonds. The molecule has 38 heavy (non-hydrogen) atoms. The van der Waals surface area contributed by atoms with Gasteiger partial charge >= 0.3 is 77.9 Å². The molecule has 4 rings (SSSR count). The van der Waals surface area contributed by atoms with E-state index >= 15 is 0 Å². The van der Waals surface area contributed by atoms with Crippen molar-refractivity contribution in [2.45, 2.75) is 0 Å². The molecule has 0 saturated heterocycles. The molecular weight excluding hydrogens is 542 g/mol. The molecule has 0 fully saturated rings. The summed E-state index contributed by atoms with van der Waals surface area (Å²) in [6.07, 6.45) is 11.0. The standard InChI is InChI=1S/C18H12N3O6P.C6H5NO2.K/c22-16(13-4-1-7-19-10-13)25-28(26-17(23)14-5-2-8-20-11-14)27-18(24)15-6-3-9-21-12-15;8-6(9)5-2-1-3-7-4-5;/h1-12H;1-4H,(H,8,9);/q;;+1/p-1. The van der Waals surface area contributed by atoms with Crippen LogP contribution in [0.15, 0.2) is 98.1 Å². The van der Waals surface area contributed by atoms with E-state index in [0.29, 0.717) is 0 Å². The summed E-state index contributed by atoms with van der Waals surface area (Å²) >= 11 is 0. The van der Waals surface area contributed by atoms with Gasteiger partial charge in [0.25, 0.3) is 0 Å². The van der Waals surface area contributed by atoms with Crippen LogP contribution in [0.1, 0.15) is 41.4 Å². The van der Waals surface area contributed by atoms with Crippen LogP contribution in [-0.4, -0.2) is 43.8 Å². The van der Waals surface area contributed by atoms with E-state index in [0.717, 1.165) is 0 Å². The third kappa shape index (κ3) is 10.1. The van der Waals surface area contributed by atoms with Gasteiger partial charge < -0.3 is 23.5 Å². The Kier molecular flexibility index (Phi) is 13.3. The fourth-order valence-electron chi connectivity index (χ4n) is 2.35. The van der Waals surface area contributed by atoms with E-state index in [1.54, 1.807) is 6.07 Å². The van der Waals surface area contributed by atoms with Crippen molar-refractivity contribution in [3.05, 3.63) is 120 Å². The van der Waals surface area contributed by atoms with Crippen LogP contribution in [0.2, 0.25) is 0 Å². The Morgan fingerprint density at radius 2 is 0.842 bits per heavy atom. The van der Waals surface area contributed by atoms with Gasteiger partial charge in [-0.05, 0) is 42.5 Å². The first-order valence-corrected chi connectivity index (χ1v) is 11.3. The molecule has 12 nitrogen and oxygen atoms in total. The van der Waals surface area contributed by atoms with Gasteiger partial charge in [-0.25, -0.2) is 14.4 Å². The van der Waals surface area contributed by atoms with Crippen LogP contribution in [0, 0.1) is 0 Å². The van der Waals surface area contributed by atoms with Crippen LogP contribution < -0.4 is 56.5 Å². The zero-order chi connectivity index (χ0) is 26.5. The minimum absolute atomic E-state index is 0. The van der Waals surface area contributed by atoms with E-state index in [9.17, 15) is 24.3 Å². The second-order valence-electron chi connectivity index (χ2n) is 6.61. The van der Waals surface area contributed by atoms with Crippen LogP contribution in [0.3, 0.4) is 0 Å². The summed E-state index contributed by atoms with van der Waals surface area (Å²) in [7, 11) is -2.68. The van der Waals surface area contributed by atoms with E-state index < -0.39 is 32.5 Å². The Morgan fingerprint density at radius 1 is 0.553 bits per heavy atom. The van der Waals surface area contributed by atoms with Gasteiger partial charge in [0.15, 0.2) is 0 Å². The first kappa shape index (κ1) is 30.8. The van der Waals surface area contributed by atoms with Crippen molar-refractivity contribution >= 4 is 32.5 Å². The molecule has 0 atom stereocenters. The third-order valence-corrected chi connectivity index (χ3v) is 5.01. The molecule has 0 aliphatic rings. The molecule has 0 aliphatic heterocycles. The van der Waals surface area contributed by atoms with Crippen LogP contribution in [0.25, 0.3) is 0 Å². The number of pyridine rings is 4. The number of carbonyl (C=O) groups excluding carboxylic acids is 4. The number of carboxylic acid groups (broad SMARTS) is 1. The average Bonchev–Trinajstić information content (AvgIpc) is 2.95. The zero-order valence-corrected chi connectivity index (χ0v) is 23.8. The number of rotatable bonds is 7. The molecule has 0 saturated carbocycles. The van der Waals surface area contributed by atoms with Crippen molar-refractivity contribution in [1.82, 2.24) is 19.9 Å². The summed E-state index contributed by atoms with van der Waals surface area (Å²) in [6, 6.07) is 11.9. The summed E-state index contributed by atoms with van der Waals surface area (Å²) in [5.74, 6) is -3.78. The first-order chi connectivity index (χ1) is 17.9. The number of nitrogens with zero attached hydrogens (tertiary/aromatic N) is 4. The molecular formula is C24H16KN4O8P. The molecule has 0 aromatic carbocycles. The van der Waals surface area contributed by atoms with Crippen LogP contribution in [-0.2, 0) is 13.6 Å². The molecule has 0 radical (unpaired) electrons. The van der Waals surface area contributed by atoms with Gasteiger partial charge in [-0.3, -0.25) is 19.9 Å². The average molecular weight is 558 g/mol. The van der Waals surface area contributed by atoms with Gasteiger partial charge in [0.1, 0.15) is 0 Å². The normalized spacial score (nSPS) is 9.61. The Labute approximate surface area is 259 Å². The predicted molar refractivity (Wildman–Crippen MR) is 124 cm³/mol. The molecule has 4 aromatic heterocycles.